The van der Waals surface area contributed by atoms with Gasteiger partial charge in [0.05, 0.1) is 13.7 Å². The van der Waals surface area contributed by atoms with E-state index < -0.39 is 5.82 Å². The maximum atomic E-state index is 13.1. The van der Waals surface area contributed by atoms with Crippen molar-refractivity contribution in [3.8, 4) is 11.5 Å². The number of carbonyl (C=O) groups excluding carboxylic acids is 1. The van der Waals surface area contributed by atoms with Crippen molar-refractivity contribution in [3.05, 3.63) is 59.9 Å². The first-order chi connectivity index (χ1) is 12.5. The maximum Gasteiger partial charge on any atom is 0.248 e. The number of methoxy groups -OCH3 is 1. The Labute approximate surface area is 153 Å². The molecule has 0 unspecified atom stereocenters. The van der Waals surface area contributed by atoms with Gasteiger partial charge in [0.15, 0.2) is 11.5 Å². The molecule has 138 valence electrons. The molecule has 0 saturated heterocycles. The Morgan fingerprint density at radius 3 is 2.69 bits per heavy atom. The highest BCUT2D eigenvalue weighted by Crippen LogP contribution is 2.29. The van der Waals surface area contributed by atoms with Gasteiger partial charge >= 0.3 is 0 Å². The fourth-order valence-electron chi connectivity index (χ4n) is 2.23. The van der Waals surface area contributed by atoms with Gasteiger partial charge in [-0.3, -0.25) is 4.79 Å². The second-order valence-electron chi connectivity index (χ2n) is 6.27. The van der Waals surface area contributed by atoms with Crippen molar-refractivity contribution in [3.63, 3.8) is 0 Å². The molecule has 0 aliphatic carbocycles. The summed E-state index contributed by atoms with van der Waals surface area (Å²) in [5.74, 6) is 1.12. The van der Waals surface area contributed by atoms with Gasteiger partial charge in [0.2, 0.25) is 5.91 Å². The van der Waals surface area contributed by atoms with Crippen molar-refractivity contribution in [2.75, 3.05) is 19.0 Å². The minimum absolute atomic E-state index is 0.341. The Balaban J connectivity index is 1.99. The summed E-state index contributed by atoms with van der Waals surface area (Å²) in [5, 5.41) is 2.61. The summed E-state index contributed by atoms with van der Waals surface area (Å²) in [7, 11) is 1.58. The number of halogens is 1. The van der Waals surface area contributed by atoms with Crippen LogP contribution in [0.1, 0.15) is 25.8 Å². The standard InChI is InChI=1S/C21H24FNO3/c1-15(2)11-12-26-19-9-7-16(13-20(19)25-3)8-10-21(24)23-18-6-4-5-17(22)14-18/h4-10,13-15H,11-12H2,1-3H3,(H,23,24). The average Bonchev–Trinajstić information content (AvgIpc) is 2.60. The lowest BCUT2D eigenvalue weighted by molar-refractivity contribution is -0.111. The van der Waals surface area contributed by atoms with Crippen molar-refractivity contribution < 1.29 is 18.7 Å². The molecule has 0 spiro atoms. The van der Waals surface area contributed by atoms with Gasteiger partial charge in [-0.05, 0) is 54.3 Å². The van der Waals surface area contributed by atoms with Crippen LogP contribution in [0.3, 0.4) is 0 Å². The third-order valence-electron chi connectivity index (χ3n) is 3.66. The lowest BCUT2D eigenvalue weighted by Crippen LogP contribution is -2.07. The molecule has 1 N–H and O–H groups in total. The predicted octanol–water partition coefficient (Wildman–Crippen LogP) is 4.91. The van der Waals surface area contributed by atoms with Crippen LogP contribution < -0.4 is 14.8 Å². The van der Waals surface area contributed by atoms with Crippen LogP contribution >= 0.6 is 0 Å². The molecule has 26 heavy (non-hydrogen) atoms. The molecule has 0 aromatic heterocycles. The van der Waals surface area contributed by atoms with E-state index in [0.717, 1.165) is 12.0 Å². The minimum Gasteiger partial charge on any atom is -0.493 e. The number of hydrogen-bond acceptors (Lipinski definition) is 3. The van der Waals surface area contributed by atoms with Crippen LogP contribution in [0, 0.1) is 11.7 Å². The summed E-state index contributed by atoms with van der Waals surface area (Å²) in [6.07, 6.45) is 4.01. The monoisotopic (exact) mass is 357 g/mol. The van der Waals surface area contributed by atoms with E-state index in [-0.39, 0.29) is 5.91 Å². The summed E-state index contributed by atoms with van der Waals surface area (Å²) in [6.45, 7) is 4.91. The summed E-state index contributed by atoms with van der Waals surface area (Å²) < 4.78 is 24.2. The second kappa shape index (κ2) is 9.61. The van der Waals surface area contributed by atoms with Gasteiger partial charge in [0.1, 0.15) is 5.82 Å². The molecule has 0 heterocycles. The topological polar surface area (TPSA) is 47.6 Å². The first kappa shape index (κ1) is 19.5. The average molecular weight is 357 g/mol. The zero-order valence-corrected chi connectivity index (χ0v) is 15.3. The van der Waals surface area contributed by atoms with E-state index in [1.807, 2.05) is 12.1 Å². The number of carbonyl (C=O) groups is 1. The number of nitrogens with one attached hydrogen (secondary N) is 1. The third kappa shape index (κ3) is 6.24. The minimum atomic E-state index is -0.399. The number of rotatable bonds is 8. The zero-order chi connectivity index (χ0) is 18.9. The van der Waals surface area contributed by atoms with Gasteiger partial charge in [-0.15, -0.1) is 0 Å². The first-order valence-corrected chi connectivity index (χ1v) is 8.53. The molecule has 0 bridgehead atoms. The Morgan fingerprint density at radius 1 is 1.19 bits per heavy atom. The first-order valence-electron chi connectivity index (χ1n) is 8.53. The maximum absolute atomic E-state index is 13.1. The summed E-state index contributed by atoms with van der Waals surface area (Å²) >= 11 is 0. The third-order valence-corrected chi connectivity index (χ3v) is 3.66. The van der Waals surface area contributed by atoms with Crippen LogP contribution in [0.15, 0.2) is 48.5 Å². The van der Waals surface area contributed by atoms with E-state index in [0.29, 0.717) is 29.7 Å². The highest BCUT2D eigenvalue weighted by Gasteiger charge is 2.06. The zero-order valence-electron chi connectivity index (χ0n) is 15.3. The van der Waals surface area contributed by atoms with E-state index >= 15 is 0 Å². The molecule has 0 radical (unpaired) electrons. The van der Waals surface area contributed by atoms with Gasteiger partial charge in [-0.2, -0.15) is 0 Å². The largest absolute Gasteiger partial charge is 0.493 e. The Morgan fingerprint density at radius 2 is 2.00 bits per heavy atom. The number of amides is 1. The van der Waals surface area contributed by atoms with Crippen LogP contribution in [0.25, 0.3) is 6.08 Å². The normalized spacial score (nSPS) is 11.0. The van der Waals surface area contributed by atoms with E-state index in [1.54, 1.807) is 25.3 Å². The molecule has 0 fully saturated rings. The lowest BCUT2D eigenvalue weighted by Gasteiger charge is -2.12. The van der Waals surface area contributed by atoms with Crippen LogP contribution in [-0.4, -0.2) is 19.6 Å². The van der Waals surface area contributed by atoms with Gasteiger partial charge in [-0.25, -0.2) is 4.39 Å². The van der Waals surface area contributed by atoms with Crippen molar-refractivity contribution in [1.82, 2.24) is 0 Å². The van der Waals surface area contributed by atoms with Gasteiger partial charge in [0.25, 0.3) is 0 Å². The van der Waals surface area contributed by atoms with Gasteiger partial charge < -0.3 is 14.8 Å². The number of ether oxygens (including phenoxy) is 2. The Hall–Kier alpha value is -2.82. The molecule has 2 aromatic carbocycles. The quantitative estimate of drug-likeness (QED) is 0.683. The van der Waals surface area contributed by atoms with Crippen molar-refractivity contribution in [2.24, 2.45) is 5.92 Å². The fourth-order valence-corrected chi connectivity index (χ4v) is 2.23. The highest BCUT2D eigenvalue weighted by molar-refractivity contribution is 6.01. The number of hydrogen-bond donors (Lipinski definition) is 1. The van der Waals surface area contributed by atoms with Crippen molar-refractivity contribution in [2.45, 2.75) is 20.3 Å². The number of benzene rings is 2. The van der Waals surface area contributed by atoms with Crippen molar-refractivity contribution in [1.29, 1.82) is 0 Å². The SMILES string of the molecule is COc1cc(C=CC(=O)Nc2cccc(F)c2)ccc1OCCC(C)C. The molecule has 1 amide bonds. The van der Waals surface area contributed by atoms with E-state index in [4.69, 9.17) is 9.47 Å². The van der Waals surface area contributed by atoms with E-state index in [1.165, 1.54) is 24.3 Å². The fraction of sp³-hybridized carbons (Fsp3) is 0.286. The molecule has 0 aliphatic heterocycles. The number of anilines is 1. The van der Waals surface area contributed by atoms with Crippen LogP contribution in [0.5, 0.6) is 11.5 Å². The van der Waals surface area contributed by atoms with E-state index in [2.05, 4.69) is 19.2 Å². The Kier molecular flexibility index (Phi) is 7.21. The molecule has 2 aromatic rings. The summed E-state index contributed by atoms with van der Waals surface area (Å²) in [4.78, 5) is 11.9. The summed E-state index contributed by atoms with van der Waals surface area (Å²) in [6, 6.07) is 11.2. The van der Waals surface area contributed by atoms with E-state index in [9.17, 15) is 9.18 Å². The van der Waals surface area contributed by atoms with Crippen molar-refractivity contribution >= 4 is 17.7 Å². The van der Waals surface area contributed by atoms with Crippen LogP contribution in [0.4, 0.5) is 10.1 Å². The van der Waals surface area contributed by atoms with Gasteiger partial charge in [-0.1, -0.05) is 26.0 Å². The molecular formula is C21H24FNO3. The van der Waals surface area contributed by atoms with Crippen LogP contribution in [-0.2, 0) is 4.79 Å². The van der Waals surface area contributed by atoms with Gasteiger partial charge in [0, 0.05) is 11.8 Å². The highest BCUT2D eigenvalue weighted by atomic mass is 19.1. The molecular weight excluding hydrogens is 333 g/mol. The molecule has 0 aliphatic rings. The molecule has 2 rings (SSSR count). The smallest absolute Gasteiger partial charge is 0.248 e. The molecule has 4 nitrogen and oxygen atoms in total. The summed E-state index contributed by atoms with van der Waals surface area (Å²) in [5.41, 5.74) is 1.21. The van der Waals surface area contributed by atoms with Crippen LogP contribution in [0.2, 0.25) is 0 Å². The molecule has 0 atom stereocenters. The molecule has 5 heteroatoms. The second-order valence-corrected chi connectivity index (χ2v) is 6.27. The molecule has 0 saturated carbocycles. The predicted molar refractivity (Wildman–Crippen MR) is 102 cm³/mol. The lowest BCUT2D eigenvalue weighted by atomic mass is 10.1. The Bertz CT molecular complexity index is 772.